The van der Waals surface area contributed by atoms with Crippen LogP contribution in [0.2, 0.25) is 0 Å². The van der Waals surface area contributed by atoms with Gasteiger partial charge in [-0.15, -0.1) is 0 Å². The second-order valence-corrected chi connectivity index (χ2v) is 5.98. The minimum absolute atomic E-state index is 0.846. The van der Waals surface area contributed by atoms with E-state index in [1.807, 2.05) is 0 Å². The summed E-state index contributed by atoms with van der Waals surface area (Å²) < 4.78 is 0. The number of benzene rings is 1. The van der Waals surface area contributed by atoms with Gasteiger partial charge < -0.3 is 4.90 Å². The number of hydrogen-bond donors (Lipinski definition) is 0. The van der Waals surface area contributed by atoms with E-state index in [0.717, 1.165) is 11.8 Å². The van der Waals surface area contributed by atoms with Gasteiger partial charge in [0.2, 0.25) is 0 Å². The number of rotatable bonds is 4. The predicted molar refractivity (Wildman–Crippen MR) is 80.2 cm³/mol. The Kier molecular flexibility index (Phi) is 4.68. The summed E-state index contributed by atoms with van der Waals surface area (Å²) in [6.07, 6.45) is 5.15. The third kappa shape index (κ3) is 3.28. The molecule has 1 heteroatoms. The molecule has 1 aliphatic heterocycles. The van der Waals surface area contributed by atoms with Crippen LogP contribution in [0.4, 0.5) is 5.69 Å². The van der Waals surface area contributed by atoms with Gasteiger partial charge in [-0.2, -0.15) is 0 Å². The molecule has 0 amide bonds. The fourth-order valence-electron chi connectivity index (χ4n) is 2.99. The monoisotopic (exact) mass is 245 g/mol. The van der Waals surface area contributed by atoms with Gasteiger partial charge in [0.25, 0.3) is 0 Å². The summed E-state index contributed by atoms with van der Waals surface area (Å²) in [4.78, 5) is 2.55. The molecule has 100 valence electrons. The van der Waals surface area contributed by atoms with E-state index in [9.17, 15) is 0 Å². The minimum atomic E-state index is 0.846. The van der Waals surface area contributed by atoms with Crippen LogP contribution < -0.4 is 4.90 Å². The van der Waals surface area contributed by atoms with Crippen LogP contribution >= 0.6 is 0 Å². The highest BCUT2D eigenvalue weighted by molar-refractivity contribution is 5.48. The van der Waals surface area contributed by atoms with Gasteiger partial charge in [-0.05, 0) is 48.8 Å². The summed E-state index contributed by atoms with van der Waals surface area (Å²) in [5.41, 5.74) is 2.88. The standard InChI is InChI=1S/C17H27N/c1-4-5-15-6-8-17(9-7-15)18-12-10-16(11-13-18)14(2)3/h6-9,14,16H,4-5,10-13H2,1-3H3. The van der Waals surface area contributed by atoms with Gasteiger partial charge in [-0.25, -0.2) is 0 Å². The van der Waals surface area contributed by atoms with E-state index in [4.69, 9.17) is 0 Å². The maximum absolute atomic E-state index is 2.55. The number of nitrogens with zero attached hydrogens (tertiary/aromatic N) is 1. The molecular weight excluding hydrogens is 218 g/mol. The lowest BCUT2D eigenvalue weighted by atomic mass is 9.86. The van der Waals surface area contributed by atoms with Crippen molar-refractivity contribution in [2.45, 2.75) is 46.5 Å². The van der Waals surface area contributed by atoms with Crippen molar-refractivity contribution in [3.05, 3.63) is 29.8 Å². The first-order valence-electron chi connectivity index (χ1n) is 7.54. The molecule has 18 heavy (non-hydrogen) atoms. The number of hydrogen-bond acceptors (Lipinski definition) is 1. The Morgan fingerprint density at radius 2 is 1.72 bits per heavy atom. The van der Waals surface area contributed by atoms with E-state index in [1.165, 1.54) is 50.0 Å². The van der Waals surface area contributed by atoms with Crippen molar-refractivity contribution >= 4 is 5.69 Å². The zero-order valence-electron chi connectivity index (χ0n) is 12.2. The van der Waals surface area contributed by atoms with Crippen molar-refractivity contribution in [3.8, 4) is 0 Å². The van der Waals surface area contributed by atoms with Crippen LogP contribution in [-0.2, 0) is 6.42 Å². The second-order valence-electron chi connectivity index (χ2n) is 5.98. The highest BCUT2D eigenvalue weighted by Crippen LogP contribution is 2.27. The SMILES string of the molecule is CCCc1ccc(N2CCC(C(C)C)CC2)cc1. The van der Waals surface area contributed by atoms with Crippen molar-refractivity contribution in [1.82, 2.24) is 0 Å². The van der Waals surface area contributed by atoms with E-state index in [0.29, 0.717) is 0 Å². The Hall–Kier alpha value is -0.980. The van der Waals surface area contributed by atoms with Crippen molar-refractivity contribution in [2.75, 3.05) is 18.0 Å². The molecule has 0 unspecified atom stereocenters. The fraction of sp³-hybridized carbons (Fsp3) is 0.647. The van der Waals surface area contributed by atoms with Crippen LogP contribution in [0.25, 0.3) is 0 Å². The largest absolute Gasteiger partial charge is 0.372 e. The molecular formula is C17H27N. The van der Waals surface area contributed by atoms with E-state index >= 15 is 0 Å². The molecule has 0 aromatic heterocycles. The topological polar surface area (TPSA) is 3.24 Å². The molecule has 0 bridgehead atoms. The first kappa shape index (κ1) is 13.5. The first-order valence-corrected chi connectivity index (χ1v) is 7.54. The molecule has 0 aliphatic carbocycles. The molecule has 1 saturated heterocycles. The van der Waals surface area contributed by atoms with Crippen LogP contribution in [0.5, 0.6) is 0 Å². The third-order valence-electron chi connectivity index (χ3n) is 4.32. The molecule has 0 atom stereocenters. The maximum Gasteiger partial charge on any atom is 0.0366 e. The quantitative estimate of drug-likeness (QED) is 0.754. The van der Waals surface area contributed by atoms with E-state index < -0.39 is 0 Å². The van der Waals surface area contributed by atoms with Gasteiger partial charge in [0.15, 0.2) is 0 Å². The predicted octanol–water partition coefficient (Wildman–Crippen LogP) is 4.51. The van der Waals surface area contributed by atoms with Crippen LogP contribution in [0.1, 0.15) is 45.6 Å². The zero-order chi connectivity index (χ0) is 13.0. The Bertz CT molecular complexity index is 344. The summed E-state index contributed by atoms with van der Waals surface area (Å²) in [6.45, 7) is 9.43. The van der Waals surface area contributed by atoms with E-state index in [2.05, 4.69) is 49.9 Å². The molecule has 0 radical (unpaired) electrons. The van der Waals surface area contributed by atoms with E-state index in [-0.39, 0.29) is 0 Å². The van der Waals surface area contributed by atoms with Crippen LogP contribution in [0.15, 0.2) is 24.3 Å². The van der Waals surface area contributed by atoms with Crippen LogP contribution in [0, 0.1) is 11.8 Å². The summed E-state index contributed by atoms with van der Waals surface area (Å²) in [7, 11) is 0. The lowest BCUT2D eigenvalue weighted by Gasteiger charge is -2.35. The molecule has 1 heterocycles. The van der Waals surface area contributed by atoms with Crippen molar-refractivity contribution in [3.63, 3.8) is 0 Å². The molecule has 1 nitrogen and oxygen atoms in total. The van der Waals surface area contributed by atoms with E-state index in [1.54, 1.807) is 0 Å². The Labute approximate surface area is 112 Å². The normalized spacial score (nSPS) is 17.4. The van der Waals surface area contributed by atoms with Crippen molar-refractivity contribution < 1.29 is 0 Å². The summed E-state index contributed by atoms with van der Waals surface area (Å²) in [6, 6.07) is 9.21. The summed E-state index contributed by atoms with van der Waals surface area (Å²) in [5.74, 6) is 1.78. The van der Waals surface area contributed by atoms with Crippen molar-refractivity contribution in [1.29, 1.82) is 0 Å². The molecule has 1 aliphatic rings. The number of aryl methyl sites for hydroxylation is 1. The number of anilines is 1. The van der Waals surface area contributed by atoms with Gasteiger partial charge in [-0.1, -0.05) is 39.3 Å². The average Bonchev–Trinajstić information content (AvgIpc) is 2.40. The second kappa shape index (κ2) is 6.26. The molecule has 1 fully saturated rings. The molecule has 2 rings (SSSR count). The minimum Gasteiger partial charge on any atom is -0.372 e. The maximum atomic E-state index is 2.55. The smallest absolute Gasteiger partial charge is 0.0366 e. The molecule has 1 aromatic rings. The molecule has 0 spiro atoms. The third-order valence-corrected chi connectivity index (χ3v) is 4.32. The van der Waals surface area contributed by atoms with Crippen LogP contribution in [-0.4, -0.2) is 13.1 Å². The van der Waals surface area contributed by atoms with Gasteiger partial charge in [0, 0.05) is 18.8 Å². The Morgan fingerprint density at radius 1 is 1.11 bits per heavy atom. The van der Waals surface area contributed by atoms with Gasteiger partial charge in [-0.3, -0.25) is 0 Å². The van der Waals surface area contributed by atoms with Gasteiger partial charge in [0.05, 0.1) is 0 Å². The fourth-order valence-corrected chi connectivity index (χ4v) is 2.99. The zero-order valence-corrected chi connectivity index (χ0v) is 12.2. The van der Waals surface area contributed by atoms with Gasteiger partial charge in [0.1, 0.15) is 0 Å². The van der Waals surface area contributed by atoms with Crippen LogP contribution in [0.3, 0.4) is 0 Å². The Balaban J connectivity index is 1.93. The van der Waals surface area contributed by atoms with Crippen molar-refractivity contribution in [2.24, 2.45) is 11.8 Å². The van der Waals surface area contributed by atoms with Gasteiger partial charge >= 0.3 is 0 Å². The molecule has 1 aromatic carbocycles. The lowest BCUT2D eigenvalue weighted by molar-refractivity contribution is 0.311. The highest BCUT2D eigenvalue weighted by Gasteiger charge is 2.21. The summed E-state index contributed by atoms with van der Waals surface area (Å²) in [5, 5.41) is 0. The number of piperidine rings is 1. The average molecular weight is 245 g/mol. The lowest BCUT2D eigenvalue weighted by Crippen LogP contribution is -2.35. The molecule has 0 saturated carbocycles. The highest BCUT2D eigenvalue weighted by atomic mass is 15.1. The molecule has 0 N–H and O–H groups in total. The first-order chi connectivity index (χ1) is 8.70. The Morgan fingerprint density at radius 3 is 2.22 bits per heavy atom. The summed E-state index contributed by atoms with van der Waals surface area (Å²) >= 11 is 0.